The molecule has 1 fully saturated rings. The number of benzene rings is 4. The second-order valence-corrected chi connectivity index (χ2v) is 9.86. The van der Waals surface area contributed by atoms with Crippen molar-refractivity contribution >= 4 is 21.8 Å². The van der Waals surface area contributed by atoms with Crippen LogP contribution in [0.3, 0.4) is 0 Å². The van der Waals surface area contributed by atoms with Crippen LogP contribution in [0.4, 0.5) is 0 Å². The van der Waals surface area contributed by atoms with E-state index in [4.69, 9.17) is 0 Å². The minimum Gasteiger partial charge on any atom is -0.390 e. The predicted octanol–water partition coefficient (Wildman–Crippen LogP) is 5.56. The molecule has 4 heteroatoms. The van der Waals surface area contributed by atoms with E-state index in [9.17, 15) is 5.11 Å². The summed E-state index contributed by atoms with van der Waals surface area (Å²) in [6, 6.07) is 38.9. The monoisotopic (exact) mass is 475 g/mol. The first-order valence-electron chi connectivity index (χ1n) is 13.0. The maximum absolute atomic E-state index is 11.1. The largest absolute Gasteiger partial charge is 0.390 e. The molecule has 1 aliphatic heterocycles. The second-order valence-electron chi connectivity index (χ2n) is 9.86. The predicted molar refractivity (Wildman–Crippen MR) is 148 cm³/mol. The van der Waals surface area contributed by atoms with E-state index in [1.807, 2.05) is 0 Å². The lowest BCUT2D eigenvalue weighted by Crippen LogP contribution is -2.50. The fourth-order valence-electron chi connectivity index (χ4n) is 5.86. The Balaban J connectivity index is 1.14. The molecule has 2 heterocycles. The molecule has 0 radical (unpaired) electrons. The molecule has 5 aromatic rings. The van der Waals surface area contributed by atoms with Crippen molar-refractivity contribution in [1.29, 1.82) is 0 Å². The van der Waals surface area contributed by atoms with Crippen molar-refractivity contribution < 1.29 is 5.11 Å². The number of aromatic nitrogens is 1. The Labute approximate surface area is 213 Å². The molecule has 1 aromatic heterocycles. The van der Waals surface area contributed by atoms with E-state index in [0.717, 1.165) is 26.2 Å². The lowest BCUT2D eigenvalue weighted by atomic mass is 9.96. The Hall–Kier alpha value is -3.44. The first kappa shape index (κ1) is 23.0. The third-order valence-corrected chi connectivity index (χ3v) is 7.54. The molecule has 4 nitrogen and oxygen atoms in total. The molecule has 0 aliphatic carbocycles. The number of β-amino-alcohol motifs (C(OH)–C–C–N with tert-alkyl or cyclic N) is 1. The zero-order valence-corrected chi connectivity index (χ0v) is 20.6. The first-order valence-corrected chi connectivity index (χ1v) is 13.0. The van der Waals surface area contributed by atoms with Gasteiger partial charge >= 0.3 is 0 Å². The third kappa shape index (κ3) is 4.56. The minimum atomic E-state index is -0.421. The van der Waals surface area contributed by atoms with Gasteiger partial charge in [-0.1, -0.05) is 97.1 Å². The van der Waals surface area contributed by atoms with Crippen molar-refractivity contribution in [2.45, 2.75) is 18.7 Å². The van der Waals surface area contributed by atoms with Gasteiger partial charge in [-0.05, 0) is 23.3 Å². The van der Waals surface area contributed by atoms with Crippen LogP contribution in [0.5, 0.6) is 0 Å². The Morgan fingerprint density at radius 3 is 1.56 bits per heavy atom. The summed E-state index contributed by atoms with van der Waals surface area (Å²) >= 11 is 0. The Bertz CT molecular complexity index is 1330. The van der Waals surface area contributed by atoms with Gasteiger partial charge in [0, 0.05) is 54.5 Å². The number of hydrogen-bond acceptors (Lipinski definition) is 3. The molecule has 1 N–H and O–H groups in total. The molecule has 1 aliphatic rings. The van der Waals surface area contributed by atoms with Gasteiger partial charge in [-0.3, -0.25) is 9.80 Å². The van der Waals surface area contributed by atoms with Crippen LogP contribution < -0.4 is 0 Å². The van der Waals surface area contributed by atoms with Crippen molar-refractivity contribution in [3.8, 4) is 0 Å². The lowest BCUT2D eigenvalue weighted by molar-refractivity contribution is 0.0565. The maximum Gasteiger partial charge on any atom is 0.0845 e. The van der Waals surface area contributed by atoms with E-state index in [1.165, 1.54) is 32.9 Å². The number of aliphatic hydroxyl groups excluding tert-OH is 1. The van der Waals surface area contributed by atoms with Crippen molar-refractivity contribution in [1.82, 2.24) is 14.4 Å². The zero-order valence-electron chi connectivity index (χ0n) is 20.6. The van der Waals surface area contributed by atoms with E-state index >= 15 is 0 Å². The number of fused-ring (bicyclic) bond motifs is 3. The van der Waals surface area contributed by atoms with E-state index in [0.29, 0.717) is 13.1 Å². The molecule has 0 bridgehead atoms. The molecule has 6 rings (SSSR count). The average Bonchev–Trinajstić information content (AvgIpc) is 3.25. The van der Waals surface area contributed by atoms with Crippen molar-refractivity contribution in [2.75, 3.05) is 32.7 Å². The van der Waals surface area contributed by atoms with E-state index < -0.39 is 6.10 Å². The number of rotatable bonds is 7. The smallest absolute Gasteiger partial charge is 0.0845 e. The summed E-state index contributed by atoms with van der Waals surface area (Å²) in [5, 5.41) is 13.7. The molecule has 182 valence electrons. The highest BCUT2D eigenvalue weighted by atomic mass is 16.3. The Morgan fingerprint density at radius 2 is 1.03 bits per heavy atom. The van der Waals surface area contributed by atoms with Gasteiger partial charge in [0.25, 0.3) is 0 Å². The van der Waals surface area contributed by atoms with Crippen LogP contribution in [-0.2, 0) is 6.54 Å². The van der Waals surface area contributed by atoms with E-state index in [2.05, 4.69) is 124 Å². The Morgan fingerprint density at radius 1 is 0.556 bits per heavy atom. The van der Waals surface area contributed by atoms with Gasteiger partial charge < -0.3 is 9.67 Å². The van der Waals surface area contributed by atoms with Crippen LogP contribution in [0.2, 0.25) is 0 Å². The molecule has 1 saturated heterocycles. The van der Waals surface area contributed by atoms with Crippen LogP contribution in [-0.4, -0.2) is 58.3 Å². The number of nitrogens with zero attached hydrogens (tertiary/aromatic N) is 3. The summed E-state index contributed by atoms with van der Waals surface area (Å²) < 4.78 is 2.28. The van der Waals surface area contributed by atoms with Gasteiger partial charge in [0.05, 0.1) is 18.7 Å². The molecule has 36 heavy (non-hydrogen) atoms. The summed E-state index contributed by atoms with van der Waals surface area (Å²) in [5.74, 6) is 0. The fraction of sp³-hybridized carbons (Fsp3) is 0.250. The molecular weight excluding hydrogens is 442 g/mol. The van der Waals surface area contributed by atoms with E-state index in [1.54, 1.807) is 0 Å². The highest BCUT2D eigenvalue weighted by Crippen LogP contribution is 2.30. The molecule has 0 unspecified atom stereocenters. The Kier molecular flexibility index (Phi) is 6.56. The van der Waals surface area contributed by atoms with Crippen LogP contribution >= 0.6 is 0 Å². The highest BCUT2D eigenvalue weighted by Gasteiger charge is 2.27. The van der Waals surface area contributed by atoms with Gasteiger partial charge in [0.1, 0.15) is 0 Å². The van der Waals surface area contributed by atoms with Gasteiger partial charge in [-0.25, -0.2) is 0 Å². The molecule has 0 amide bonds. The fourth-order valence-corrected chi connectivity index (χ4v) is 5.86. The summed E-state index contributed by atoms with van der Waals surface area (Å²) in [6.45, 7) is 5.18. The first-order chi connectivity index (χ1) is 17.8. The topological polar surface area (TPSA) is 31.6 Å². The highest BCUT2D eigenvalue weighted by molar-refractivity contribution is 6.07. The summed E-state index contributed by atoms with van der Waals surface area (Å²) in [7, 11) is 0. The van der Waals surface area contributed by atoms with Gasteiger partial charge in [-0.15, -0.1) is 0 Å². The summed E-state index contributed by atoms with van der Waals surface area (Å²) in [5.41, 5.74) is 5.05. The maximum atomic E-state index is 11.1. The molecule has 0 saturated carbocycles. The summed E-state index contributed by atoms with van der Waals surface area (Å²) in [4.78, 5) is 5.00. The zero-order chi connectivity index (χ0) is 24.3. The standard InChI is InChI=1S/C32H33N3O/c36-27(24-35-30-17-9-7-15-28(30)29-16-8-10-18-31(29)35)23-33-19-21-34(22-20-33)32(25-11-3-1-4-12-25)26-13-5-2-6-14-26/h1-18,27,32,36H,19-24H2/t27-/m1/s1. The summed E-state index contributed by atoms with van der Waals surface area (Å²) in [6.07, 6.45) is -0.421. The number of piperazine rings is 1. The number of hydrogen-bond donors (Lipinski definition) is 1. The van der Waals surface area contributed by atoms with Gasteiger partial charge in [-0.2, -0.15) is 0 Å². The van der Waals surface area contributed by atoms with Crippen molar-refractivity contribution in [3.05, 3.63) is 120 Å². The van der Waals surface area contributed by atoms with Crippen LogP contribution in [0.15, 0.2) is 109 Å². The number of para-hydroxylation sites is 2. The van der Waals surface area contributed by atoms with Gasteiger partial charge in [0.2, 0.25) is 0 Å². The van der Waals surface area contributed by atoms with Crippen LogP contribution in [0.25, 0.3) is 21.8 Å². The molecule has 4 aromatic carbocycles. The van der Waals surface area contributed by atoms with E-state index in [-0.39, 0.29) is 6.04 Å². The van der Waals surface area contributed by atoms with Crippen molar-refractivity contribution in [3.63, 3.8) is 0 Å². The van der Waals surface area contributed by atoms with Gasteiger partial charge in [0.15, 0.2) is 0 Å². The average molecular weight is 476 g/mol. The van der Waals surface area contributed by atoms with Crippen LogP contribution in [0.1, 0.15) is 17.2 Å². The minimum absolute atomic E-state index is 0.261. The molecule has 0 spiro atoms. The molecule has 1 atom stereocenters. The lowest BCUT2D eigenvalue weighted by Gasteiger charge is -2.40. The SMILES string of the molecule is O[C@H](CN1CCN(C(c2ccccc2)c2ccccc2)CC1)Cn1c2ccccc2c2ccccc21. The number of aliphatic hydroxyl groups is 1. The van der Waals surface area contributed by atoms with Crippen molar-refractivity contribution in [2.24, 2.45) is 0 Å². The second kappa shape index (κ2) is 10.3. The normalized spacial score (nSPS) is 16.2. The molecular formula is C32H33N3O. The third-order valence-electron chi connectivity index (χ3n) is 7.54. The quantitative estimate of drug-likeness (QED) is 0.334. The van der Waals surface area contributed by atoms with Crippen LogP contribution in [0, 0.1) is 0 Å².